The lowest BCUT2D eigenvalue weighted by molar-refractivity contribution is -0.126. The first kappa shape index (κ1) is 21.1. The Morgan fingerprint density at radius 1 is 1.15 bits per heavy atom. The Balaban J connectivity index is 1.39. The molecule has 8 nitrogen and oxygen atoms in total. The summed E-state index contributed by atoms with van der Waals surface area (Å²) in [6.07, 6.45) is 1.80. The molecular weight excluding hydrogens is 425 g/mol. The number of fused-ring (bicyclic) bond motifs is 2. The maximum Gasteiger partial charge on any atom is 0.260 e. The fraction of sp³-hybridized carbons (Fsp3) is 0.292. The summed E-state index contributed by atoms with van der Waals surface area (Å²) >= 11 is 0. The molecule has 1 saturated heterocycles. The van der Waals surface area contributed by atoms with Crippen molar-refractivity contribution in [2.75, 3.05) is 37.4 Å². The molecule has 3 aliphatic heterocycles. The summed E-state index contributed by atoms with van der Waals surface area (Å²) in [4.78, 5) is 32.8. The third-order valence-electron chi connectivity index (χ3n) is 6.09. The van der Waals surface area contributed by atoms with Gasteiger partial charge in [0, 0.05) is 28.5 Å². The van der Waals surface area contributed by atoms with Crippen LogP contribution in [0.2, 0.25) is 0 Å². The highest BCUT2D eigenvalue weighted by atomic mass is 19.1. The first-order chi connectivity index (χ1) is 16.0. The van der Waals surface area contributed by atoms with E-state index in [2.05, 4.69) is 33.1 Å². The van der Waals surface area contributed by atoms with Gasteiger partial charge in [-0.25, -0.2) is 4.39 Å². The molecule has 33 heavy (non-hydrogen) atoms. The van der Waals surface area contributed by atoms with Crippen molar-refractivity contribution >= 4 is 34.5 Å². The average Bonchev–Trinajstić information content (AvgIpc) is 3.31. The number of piperidine rings is 1. The van der Waals surface area contributed by atoms with Crippen LogP contribution < -0.4 is 16.0 Å². The molecule has 2 aromatic carbocycles. The minimum Gasteiger partial charge on any atom is -0.385 e. The monoisotopic (exact) mass is 449 g/mol. The lowest BCUT2D eigenvalue weighted by Crippen LogP contribution is -2.44. The molecule has 2 aromatic rings. The van der Waals surface area contributed by atoms with Gasteiger partial charge in [0.1, 0.15) is 11.5 Å². The largest absolute Gasteiger partial charge is 0.385 e. The van der Waals surface area contributed by atoms with E-state index in [4.69, 9.17) is 4.84 Å². The number of amides is 2. The molecule has 0 unspecified atom stereocenters. The standard InChI is InChI=1S/C24H24FN5O3/c1-30-10-8-15(9-11-30)26-20(31)13-33-29-22-16-4-2-3-5-18(16)27-23(22)21-17-12-14(25)6-7-19(17)28-24(21)32/h2-7,12,15,27H,8-11,13H2,1H3,(H,26,31)(H,28,32)/b23-21-,29-22+. The second-order valence-corrected chi connectivity index (χ2v) is 8.42. The van der Waals surface area contributed by atoms with Crippen molar-refractivity contribution in [3.63, 3.8) is 0 Å². The SMILES string of the molecule is CN1CCC(NC(=O)CO/N=C2/C(=C3/C(=O)Nc4ccc(F)cc43)Nc3ccccc32)CC1. The lowest BCUT2D eigenvalue weighted by Gasteiger charge is -2.29. The first-order valence-corrected chi connectivity index (χ1v) is 10.9. The van der Waals surface area contributed by atoms with Crippen LogP contribution in [0.3, 0.4) is 0 Å². The quantitative estimate of drug-likeness (QED) is 0.493. The summed E-state index contributed by atoms with van der Waals surface area (Å²) in [6, 6.07) is 11.7. The number of hydrogen-bond acceptors (Lipinski definition) is 6. The summed E-state index contributed by atoms with van der Waals surface area (Å²) < 4.78 is 13.9. The van der Waals surface area contributed by atoms with Crippen LogP contribution in [0.15, 0.2) is 53.3 Å². The van der Waals surface area contributed by atoms with Crippen LogP contribution in [0.4, 0.5) is 15.8 Å². The molecule has 0 aliphatic carbocycles. The van der Waals surface area contributed by atoms with Crippen molar-refractivity contribution in [1.29, 1.82) is 0 Å². The zero-order valence-corrected chi connectivity index (χ0v) is 18.2. The number of rotatable bonds is 4. The number of nitrogens with one attached hydrogen (secondary N) is 3. The second kappa shape index (κ2) is 8.67. The van der Waals surface area contributed by atoms with E-state index >= 15 is 0 Å². The molecule has 0 saturated carbocycles. The van der Waals surface area contributed by atoms with Crippen LogP contribution in [-0.4, -0.2) is 55.2 Å². The normalized spacial score (nSPS) is 21.4. The van der Waals surface area contributed by atoms with Gasteiger partial charge in [0.05, 0.1) is 11.3 Å². The smallest absolute Gasteiger partial charge is 0.260 e. The summed E-state index contributed by atoms with van der Waals surface area (Å²) in [6.45, 7) is 1.65. The Labute approximate surface area is 190 Å². The van der Waals surface area contributed by atoms with Gasteiger partial charge >= 0.3 is 0 Å². The predicted molar refractivity (Wildman–Crippen MR) is 123 cm³/mol. The molecule has 5 rings (SSSR count). The number of halogens is 1. The molecule has 3 heterocycles. The van der Waals surface area contributed by atoms with Gasteiger partial charge in [-0.05, 0) is 57.2 Å². The van der Waals surface area contributed by atoms with Crippen LogP contribution in [0.25, 0.3) is 5.57 Å². The predicted octanol–water partition coefficient (Wildman–Crippen LogP) is 2.55. The molecule has 0 bridgehead atoms. The number of allylic oxidation sites excluding steroid dienone is 1. The maximum absolute atomic E-state index is 13.9. The average molecular weight is 449 g/mol. The van der Waals surface area contributed by atoms with Gasteiger partial charge in [0.25, 0.3) is 11.8 Å². The van der Waals surface area contributed by atoms with Crippen molar-refractivity contribution in [2.24, 2.45) is 5.16 Å². The fourth-order valence-electron chi connectivity index (χ4n) is 4.37. The lowest BCUT2D eigenvalue weighted by atomic mass is 10.0. The molecule has 170 valence electrons. The Bertz CT molecular complexity index is 1180. The summed E-state index contributed by atoms with van der Waals surface area (Å²) in [7, 11) is 2.06. The molecule has 1 fully saturated rings. The van der Waals surface area contributed by atoms with E-state index in [0.717, 1.165) is 37.2 Å². The van der Waals surface area contributed by atoms with E-state index in [1.54, 1.807) is 0 Å². The molecule has 9 heteroatoms. The number of carbonyl (C=O) groups is 2. The highest BCUT2D eigenvalue weighted by Crippen LogP contribution is 2.39. The molecule has 3 aliphatic rings. The third kappa shape index (κ3) is 4.19. The van der Waals surface area contributed by atoms with Crippen LogP contribution in [0.1, 0.15) is 24.0 Å². The van der Waals surface area contributed by atoms with Crippen molar-refractivity contribution in [1.82, 2.24) is 10.2 Å². The molecule has 3 N–H and O–H groups in total. The van der Waals surface area contributed by atoms with Gasteiger partial charge in [0.2, 0.25) is 0 Å². The first-order valence-electron chi connectivity index (χ1n) is 10.9. The van der Waals surface area contributed by atoms with E-state index in [1.165, 1.54) is 18.2 Å². The van der Waals surface area contributed by atoms with Gasteiger partial charge in [-0.15, -0.1) is 0 Å². The molecule has 2 amide bonds. The second-order valence-electron chi connectivity index (χ2n) is 8.42. The number of para-hydroxylation sites is 1. The summed E-state index contributed by atoms with van der Waals surface area (Å²) in [5, 5.41) is 13.2. The van der Waals surface area contributed by atoms with E-state index in [0.29, 0.717) is 22.7 Å². The number of hydrogen-bond donors (Lipinski definition) is 3. The van der Waals surface area contributed by atoms with Gasteiger partial charge in [0.15, 0.2) is 6.61 Å². The molecular formula is C24H24FN5O3. The number of oxime groups is 1. The topological polar surface area (TPSA) is 95.1 Å². The highest BCUT2D eigenvalue weighted by Gasteiger charge is 2.34. The number of benzene rings is 2. The highest BCUT2D eigenvalue weighted by molar-refractivity contribution is 6.39. The summed E-state index contributed by atoms with van der Waals surface area (Å²) in [5.41, 5.74) is 3.53. The third-order valence-corrected chi connectivity index (χ3v) is 6.09. The Hall–Kier alpha value is -3.72. The Morgan fingerprint density at radius 2 is 1.91 bits per heavy atom. The van der Waals surface area contributed by atoms with Crippen molar-refractivity contribution in [3.05, 3.63) is 65.1 Å². The van der Waals surface area contributed by atoms with Gasteiger partial charge in [-0.2, -0.15) is 0 Å². The van der Waals surface area contributed by atoms with Gasteiger partial charge < -0.3 is 25.7 Å². The van der Waals surface area contributed by atoms with Crippen LogP contribution in [-0.2, 0) is 14.4 Å². The van der Waals surface area contributed by atoms with Gasteiger partial charge in [-0.1, -0.05) is 23.4 Å². The number of likely N-dealkylation sites (tertiary alicyclic amines) is 1. The zero-order valence-electron chi connectivity index (χ0n) is 18.2. The summed E-state index contributed by atoms with van der Waals surface area (Å²) in [5.74, 6) is -1.05. The van der Waals surface area contributed by atoms with E-state index in [1.807, 2.05) is 24.3 Å². The van der Waals surface area contributed by atoms with Crippen molar-refractivity contribution < 1.29 is 18.8 Å². The Morgan fingerprint density at radius 3 is 2.73 bits per heavy atom. The maximum atomic E-state index is 13.9. The molecule has 0 radical (unpaired) electrons. The van der Waals surface area contributed by atoms with E-state index < -0.39 is 5.82 Å². The van der Waals surface area contributed by atoms with Crippen molar-refractivity contribution in [2.45, 2.75) is 18.9 Å². The minimum absolute atomic E-state index is 0.130. The van der Waals surface area contributed by atoms with Gasteiger partial charge in [-0.3, -0.25) is 9.59 Å². The molecule has 0 spiro atoms. The molecule has 0 atom stereocenters. The zero-order chi connectivity index (χ0) is 22.9. The van der Waals surface area contributed by atoms with Crippen LogP contribution in [0, 0.1) is 5.82 Å². The van der Waals surface area contributed by atoms with E-state index in [-0.39, 0.29) is 30.0 Å². The molecule has 0 aromatic heterocycles. The van der Waals surface area contributed by atoms with Crippen LogP contribution in [0.5, 0.6) is 0 Å². The van der Waals surface area contributed by atoms with Crippen LogP contribution >= 0.6 is 0 Å². The number of carbonyl (C=O) groups excluding carboxylic acids is 2. The van der Waals surface area contributed by atoms with E-state index in [9.17, 15) is 14.0 Å². The fourth-order valence-corrected chi connectivity index (χ4v) is 4.37. The number of nitrogens with zero attached hydrogens (tertiary/aromatic N) is 2. The number of anilines is 2. The van der Waals surface area contributed by atoms with Crippen molar-refractivity contribution in [3.8, 4) is 0 Å². The Kier molecular flexibility index (Phi) is 5.55. The minimum atomic E-state index is -0.445.